The first kappa shape index (κ1) is 10.0. The maximum Gasteiger partial charge on any atom is 0.218 e. The summed E-state index contributed by atoms with van der Waals surface area (Å²) in [7, 11) is 0. The average molecular weight is 153 g/mol. The molecule has 0 radical (unpaired) electrons. The van der Waals surface area contributed by atoms with Gasteiger partial charge >= 0.3 is 0 Å². The molecular formula is C9H15NO. The third-order valence-electron chi connectivity index (χ3n) is 0.960. The number of primary amides is 1. The van der Waals surface area contributed by atoms with Crippen LogP contribution in [0.4, 0.5) is 0 Å². The predicted molar refractivity (Wildman–Crippen MR) is 45.7 cm³/mol. The third-order valence-corrected chi connectivity index (χ3v) is 0.960. The summed E-state index contributed by atoms with van der Waals surface area (Å²) in [5.41, 5.74) is 4.96. The molecule has 0 rings (SSSR count). The number of hydrogen-bond acceptors (Lipinski definition) is 1. The van der Waals surface area contributed by atoms with Gasteiger partial charge in [0.05, 0.1) is 0 Å². The van der Waals surface area contributed by atoms with E-state index in [1.54, 1.807) is 0 Å². The van der Waals surface area contributed by atoms with Gasteiger partial charge in [-0.05, 0) is 20.8 Å². The molecule has 0 spiro atoms. The van der Waals surface area contributed by atoms with Gasteiger partial charge in [0.2, 0.25) is 5.91 Å². The molecule has 0 aromatic rings. The molecule has 0 aliphatic rings. The second-order valence-electron chi connectivity index (χ2n) is 3.52. The summed E-state index contributed by atoms with van der Waals surface area (Å²) in [6.07, 6.45) is 0.940. The van der Waals surface area contributed by atoms with Crippen LogP contribution < -0.4 is 5.73 Å². The highest BCUT2D eigenvalue weighted by atomic mass is 16.1. The van der Waals surface area contributed by atoms with Crippen molar-refractivity contribution in [1.82, 2.24) is 0 Å². The zero-order valence-electron chi connectivity index (χ0n) is 7.40. The second-order valence-corrected chi connectivity index (χ2v) is 3.52. The molecule has 0 aliphatic carbocycles. The Morgan fingerprint density at radius 2 is 2.00 bits per heavy atom. The molecule has 2 heteroatoms. The minimum absolute atomic E-state index is 0.0254. The predicted octanol–water partition coefficient (Wildman–Crippen LogP) is 1.30. The van der Waals surface area contributed by atoms with Gasteiger partial charge < -0.3 is 5.73 Å². The van der Waals surface area contributed by atoms with Crippen LogP contribution in [0.1, 0.15) is 33.6 Å². The van der Waals surface area contributed by atoms with Crippen molar-refractivity contribution < 1.29 is 4.79 Å². The van der Waals surface area contributed by atoms with Crippen molar-refractivity contribution in [1.29, 1.82) is 0 Å². The maximum atomic E-state index is 10.3. The van der Waals surface area contributed by atoms with E-state index in [2.05, 4.69) is 11.8 Å². The normalized spacial score (nSPS) is 10.1. The molecule has 0 saturated heterocycles. The number of nitrogens with two attached hydrogens (primary N) is 1. The average Bonchev–Trinajstić information content (AvgIpc) is 1.78. The molecule has 0 bridgehead atoms. The summed E-state index contributed by atoms with van der Waals surface area (Å²) < 4.78 is 0. The summed E-state index contributed by atoms with van der Waals surface area (Å²) in [6.45, 7) is 6.10. The number of carbonyl (C=O) groups excluding carboxylic acids is 1. The maximum absolute atomic E-state index is 10.3. The Bertz CT molecular complexity index is 190. The molecule has 0 aromatic carbocycles. The van der Waals surface area contributed by atoms with Crippen molar-refractivity contribution in [2.45, 2.75) is 33.6 Å². The van der Waals surface area contributed by atoms with Crippen LogP contribution in [0, 0.1) is 17.3 Å². The minimum atomic E-state index is -0.284. The lowest BCUT2D eigenvalue weighted by molar-refractivity contribution is -0.117. The topological polar surface area (TPSA) is 43.1 Å². The van der Waals surface area contributed by atoms with E-state index in [0.717, 1.165) is 0 Å². The smallest absolute Gasteiger partial charge is 0.218 e. The fourth-order valence-corrected chi connectivity index (χ4v) is 0.513. The monoisotopic (exact) mass is 153 g/mol. The lowest BCUT2D eigenvalue weighted by Crippen LogP contribution is -2.09. The Labute approximate surface area is 68.2 Å². The van der Waals surface area contributed by atoms with Gasteiger partial charge in [-0.25, -0.2) is 0 Å². The van der Waals surface area contributed by atoms with E-state index >= 15 is 0 Å². The molecule has 0 unspecified atom stereocenters. The van der Waals surface area contributed by atoms with Crippen LogP contribution in [-0.2, 0) is 4.79 Å². The molecular weight excluding hydrogens is 138 g/mol. The van der Waals surface area contributed by atoms with Crippen molar-refractivity contribution >= 4 is 5.91 Å². The van der Waals surface area contributed by atoms with Crippen molar-refractivity contribution in [2.75, 3.05) is 0 Å². The molecule has 2 nitrogen and oxygen atoms in total. The molecule has 2 N–H and O–H groups in total. The van der Waals surface area contributed by atoms with Gasteiger partial charge in [-0.2, -0.15) is 0 Å². The van der Waals surface area contributed by atoms with Crippen molar-refractivity contribution in [3.63, 3.8) is 0 Å². The van der Waals surface area contributed by atoms with Crippen LogP contribution in [0.25, 0.3) is 0 Å². The number of amides is 1. The van der Waals surface area contributed by atoms with Gasteiger partial charge in [0, 0.05) is 18.3 Å². The van der Waals surface area contributed by atoms with Crippen LogP contribution in [0.5, 0.6) is 0 Å². The fourth-order valence-electron chi connectivity index (χ4n) is 0.513. The highest BCUT2D eigenvalue weighted by Gasteiger charge is 2.02. The summed E-state index contributed by atoms with van der Waals surface area (Å²) in [5, 5.41) is 0. The van der Waals surface area contributed by atoms with E-state index in [0.29, 0.717) is 12.8 Å². The molecule has 0 fully saturated rings. The van der Waals surface area contributed by atoms with Gasteiger partial charge in [0.15, 0.2) is 0 Å². The number of carbonyl (C=O) groups is 1. The van der Waals surface area contributed by atoms with Crippen LogP contribution >= 0.6 is 0 Å². The van der Waals surface area contributed by atoms with E-state index in [1.807, 2.05) is 20.8 Å². The fraction of sp³-hybridized carbons (Fsp3) is 0.667. The van der Waals surface area contributed by atoms with Crippen molar-refractivity contribution in [3.8, 4) is 11.8 Å². The summed E-state index contributed by atoms with van der Waals surface area (Å²) >= 11 is 0. The van der Waals surface area contributed by atoms with Crippen LogP contribution in [0.15, 0.2) is 0 Å². The Morgan fingerprint density at radius 3 is 2.36 bits per heavy atom. The highest BCUT2D eigenvalue weighted by Crippen LogP contribution is 2.09. The van der Waals surface area contributed by atoms with Gasteiger partial charge in [0.25, 0.3) is 0 Å². The quantitative estimate of drug-likeness (QED) is 0.597. The first-order chi connectivity index (χ1) is 4.92. The lowest BCUT2D eigenvalue weighted by atomic mass is 9.98. The molecule has 0 aromatic heterocycles. The summed E-state index contributed by atoms with van der Waals surface area (Å²) in [6, 6.07) is 0. The lowest BCUT2D eigenvalue weighted by Gasteiger charge is -2.06. The largest absolute Gasteiger partial charge is 0.370 e. The molecule has 0 saturated carbocycles. The van der Waals surface area contributed by atoms with E-state index in [1.165, 1.54) is 0 Å². The summed E-state index contributed by atoms with van der Waals surface area (Å²) in [4.78, 5) is 10.3. The van der Waals surface area contributed by atoms with E-state index < -0.39 is 0 Å². The Kier molecular flexibility index (Phi) is 3.67. The van der Waals surface area contributed by atoms with E-state index in [-0.39, 0.29) is 11.3 Å². The number of hydrogen-bond donors (Lipinski definition) is 1. The first-order valence-electron chi connectivity index (χ1n) is 3.70. The Hall–Kier alpha value is -0.970. The number of rotatable bonds is 2. The highest BCUT2D eigenvalue weighted by molar-refractivity contribution is 5.73. The van der Waals surface area contributed by atoms with Gasteiger partial charge in [0.1, 0.15) is 0 Å². The standard InChI is InChI=1S/C9H15NO/c1-9(2,3)7-5-4-6-8(10)11/h4,6H2,1-3H3,(H2,10,11). The van der Waals surface area contributed by atoms with Crippen molar-refractivity contribution in [3.05, 3.63) is 0 Å². The van der Waals surface area contributed by atoms with Crippen LogP contribution in [0.2, 0.25) is 0 Å². The van der Waals surface area contributed by atoms with Gasteiger partial charge in [-0.1, -0.05) is 5.92 Å². The molecule has 1 amide bonds. The molecule has 0 atom stereocenters. The molecule has 11 heavy (non-hydrogen) atoms. The SMILES string of the molecule is CC(C)(C)C#CCCC(N)=O. The molecule has 62 valence electrons. The molecule has 0 heterocycles. The Morgan fingerprint density at radius 1 is 1.45 bits per heavy atom. The Balaban J connectivity index is 3.66. The van der Waals surface area contributed by atoms with Crippen LogP contribution in [-0.4, -0.2) is 5.91 Å². The van der Waals surface area contributed by atoms with E-state index in [9.17, 15) is 4.79 Å². The second kappa shape index (κ2) is 4.02. The minimum Gasteiger partial charge on any atom is -0.370 e. The summed E-state index contributed by atoms with van der Waals surface area (Å²) in [5.74, 6) is 5.64. The first-order valence-corrected chi connectivity index (χ1v) is 3.70. The van der Waals surface area contributed by atoms with Crippen LogP contribution in [0.3, 0.4) is 0 Å². The molecule has 0 aliphatic heterocycles. The van der Waals surface area contributed by atoms with Crippen molar-refractivity contribution in [2.24, 2.45) is 11.1 Å². The third kappa shape index (κ3) is 9.03. The van der Waals surface area contributed by atoms with Gasteiger partial charge in [-0.3, -0.25) is 4.79 Å². The van der Waals surface area contributed by atoms with Gasteiger partial charge in [-0.15, -0.1) is 5.92 Å². The zero-order valence-corrected chi connectivity index (χ0v) is 7.40. The zero-order chi connectivity index (χ0) is 8.91. The van der Waals surface area contributed by atoms with E-state index in [4.69, 9.17) is 5.73 Å².